The fourth-order valence-corrected chi connectivity index (χ4v) is 4.88. The van der Waals surface area contributed by atoms with Crippen molar-refractivity contribution in [2.75, 3.05) is 25.0 Å². The molecular weight excluding hydrogens is 517 g/mol. The van der Waals surface area contributed by atoms with Gasteiger partial charge in [-0.2, -0.15) is 0 Å². The first-order valence-corrected chi connectivity index (χ1v) is 13.6. The molecule has 1 aromatic heterocycles. The molecule has 1 atom stereocenters. The molecule has 1 aliphatic heterocycles. The smallest absolute Gasteiger partial charge is 0.331 e. The number of aliphatic hydroxyl groups excluding tert-OH is 1. The zero-order valence-electron chi connectivity index (χ0n) is 22.9. The SMILES string of the molecule is C=C/C(=C\C=C\C(=O)NC1CCCN(C(=O)Nc2cc3c(=O)n(CC4CC4)c(=O)n(C(C)C)c3cc2F)C1)CO. The number of carbonyl (C=O) groups excluding carboxylic acids is 2. The second kappa shape index (κ2) is 12.5. The van der Waals surface area contributed by atoms with Gasteiger partial charge in [-0.3, -0.25) is 18.7 Å². The Hall–Kier alpha value is -3.99. The summed E-state index contributed by atoms with van der Waals surface area (Å²) < 4.78 is 17.8. The third-order valence-electron chi connectivity index (χ3n) is 7.21. The maximum atomic E-state index is 15.2. The molecule has 1 aliphatic carbocycles. The lowest BCUT2D eigenvalue weighted by Gasteiger charge is -2.33. The van der Waals surface area contributed by atoms with E-state index in [0.29, 0.717) is 31.5 Å². The van der Waals surface area contributed by atoms with Crippen LogP contribution >= 0.6 is 0 Å². The molecule has 1 unspecified atom stereocenters. The van der Waals surface area contributed by atoms with Crippen LogP contribution in [0.15, 0.2) is 58.2 Å². The molecule has 10 nitrogen and oxygen atoms in total. The van der Waals surface area contributed by atoms with E-state index < -0.39 is 23.1 Å². The van der Waals surface area contributed by atoms with Crippen LogP contribution in [0.4, 0.5) is 14.9 Å². The molecule has 214 valence electrons. The van der Waals surface area contributed by atoms with Gasteiger partial charge in [-0.1, -0.05) is 24.8 Å². The van der Waals surface area contributed by atoms with Crippen molar-refractivity contribution in [3.63, 3.8) is 0 Å². The predicted octanol–water partition coefficient (Wildman–Crippen LogP) is 3.07. The van der Waals surface area contributed by atoms with Crippen molar-refractivity contribution in [1.29, 1.82) is 0 Å². The van der Waals surface area contributed by atoms with Gasteiger partial charge in [0.25, 0.3) is 5.56 Å². The molecule has 0 bridgehead atoms. The third-order valence-corrected chi connectivity index (χ3v) is 7.21. The lowest BCUT2D eigenvalue weighted by atomic mass is 10.1. The fourth-order valence-electron chi connectivity index (χ4n) is 4.88. The minimum Gasteiger partial charge on any atom is -0.392 e. The molecule has 11 heteroatoms. The number of likely N-dealkylation sites (tertiary alicyclic amines) is 1. The number of allylic oxidation sites excluding steroid dienone is 2. The summed E-state index contributed by atoms with van der Waals surface area (Å²) in [5.74, 6) is -0.812. The summed E-state index contributed by atoms with van der Waals surface area (Å²) >= 11 is 0. The normalized spacial score (nSPS) is 18.0. The summed E-state index contributed by atoms with van der Waals surface area (Å²) in [6.45, 7) is 7.96. The summed E-state index contributed by atoms with van der Waals surface area (Å²) in [5, 5.41) is 14.7. The number of amides is 3. The molecule has 3 N–H and O–H groups in total. The molecule has 2 aliphatic rings. The van der Waals surface area contributed by atoms with Crippen molar-refractivity contribution in [2.24, 2.45) is 5.92 Å². The minimum atomic E-state index is -0.754. The molecule has 1 saturated heterocycles. The van der Waals surface area contributed by atoms with Crippen LogP contribution in [0.2, 0.25) is 0 Å². The van der Waals surface area contributed by atoms with Crippen molar-refractivity contribution in [2.45, 2.75) is 58.2 Å². The van der Waals surface area contributed by atoms with E-state index in [1.54, 1.807) is 19.9 Å². The third kappa shape index (κ3) is 6.59. The minimum absolute atomic E-state index is 0.149. The Kier molecular flexibility index (Phi) is 9.03. The number of fused-ring (bicyclic) bond motifs is 1. The van der Waals surface area contributed by atoms with Crippen molar-refractivity contribution in [3.05, 3.63) is 75.2 Å². The summed E-state index contributed by atoms with van der Waals surface area (Å²) in [6.07, 6.45) is 9.13. The molecule has 2 heterocycles. The number of hydrogen-bond acceptors (Lipinski definition) is 5. The molecule has 3 amide bonds. The lowest BCUT2D eigenvalue weighted by molar-refractivity contribution is -0.117. The number of aliphatic hydroxyl groups is 1. The summed E-state index contributed by atoms with van der Waals surface area (Å²) in [5.41, 5.74) is -0.348. The van der Waals surface area contributed by atoms with Crippen LogP contribution in [0, 0.1) is 11.7 Å². The Bertz CT molecular complexity index is 1480. The van der Waals surface area contributed by atoms with Gasteiger partial charge in [-0.05, 0) is 57.1 Å². The van der Waals surface area contributed by atoms with E-state index in [4.69, 9.17) is 5.11 Å². The molecular formula is C29H36FN5O5. The van der Waals surface area contributed by atoms with Crippen LogP contribution in [0.5, 0.6) is 0 Å². The number of piperidine rings is 1. The van der Waals surface area contributed by atoms with Gasteiger partial charge in [0.05, 0.1) is 23.2 Å². The number of aromatic nitrogens is 2. The van der Waals surface area contributed by atoms with Crippen LogP contribution in [0.25, 0.3) is 10.9 Å². The first-order valence-electron chi connectivity index (χ1n) is 13.6. The number of rotatable bonds is 9. The molecule has 4 rings (SSSR count). The number of carbonyl (C=O) groups is 2. The first-order chi connectivity index (χ1) is 19.1. The number of urea groups is 1. The van der Waals surface area contributed by atoms with Gasteiger partial charge in [0.1, 0.15) is 5.82 Å². The average Bonchev–Trinajstić information content (AvgIpc) is 3.74. The average molecular weight is 554 g/mol. The van der Waals surface area contributed by atoms with Gasteiger partial charge in [0.15, 0.2) is 0 Å². The molecule has 0 spiro atoms. The highest BCUT2D eigenvalue weighted by atomic mass is 19.1. The topological polar surface area (TPSA) is 126 Å². The number of nitrogens with one attached hydrogen (secondary N) is 2. The Balaban J connectivity index is 1.51. The van der Waals surface area contributed by atoms with Crippen molar-refractivity contribution in [1.82, 2.24) is 19.4 Å². The number of halogens is 1. The van der Waals surface area contributed by atoms with E-state index in [9.17, 15) is 19.2 Å². The van der Waals surface area contributed by atoms with Crippen LogP contribution in [0.3, 0.4) is 0 Å². The molecule has 1 aromatic carbocycles. The van der Waals surface area contributed by atoms with E-state index in [1.165, 1.54) is 38.3 Å². The standard InChI is InChI=1S/C29H36FN5O5/c1-4-19(17-36)7-5-9-26(37)31-21-8-6-12-33(16-21)28(39)32-24-13-22-25(14-23(24)30)35(18(2)3)29(40)34(27(22)38)15-20-10-11-20/h4-5,7,9,13-14,18,20-21,36H,1,6,8,10-12,15-17H2,2-3H3,(H,31,37)(H,32,39)/b9-5+,19-7+. The zero-order chi connectivity index (χ0) is 29.0. The van der Waals surface area contributed by atoms with Crippen LogP contribution in [-0.2, 0) is 11.3 Å². The Labute approximate surface area is 231 Å². The highest BCUT2D eigenvalue weighted by Gasteiger charge is 2.27. The molecule has 0 radical (unpaired) electrons. The number of hydrogen-bond donors (Lipinski definition) is 3. The van der Waals surface area contributed by atoms with Crippen LogP contribution in [-0.4, -0.2) is 56.8 Å². The first kappa shape index (κ1) is 29.0. The second-order valence-electron chi connectivity index (χ2n) is 10.6. The van der Waals surface area contributed by atoms with E-state index in [-0.39, 0.29) is 53.7 Å². The maximum Gasteiger partial charge on any atom is 0.331 e. The molecule has 2 fully saturated rings. The number of benzene rings is 1. The van der Waals surface area contributed by atoms with Gasteiger partial charge in [-0.25, -0.2) is 14.0 Å². The summed E-state index contributed by atoms with van der Waals surface area (Å²) in [4.78, 5) is 53.2. The fraction of sp³-hybridized carbons (Fsp3) is 0.448. The van der Waals surface area contributed by atoms with Gasteiger partial charge in [0.2, 0.25) is 5.91 Å². The Morgan fingerprint density at radius 3 is 2.62 bits per heavy atom. The molecule has 40 heavy (non-hydrogen) atoms. The zero-order valence-corrected chi connectivity index (χ0v) is 22.9. The van der Waals surface area contributed by atoms with Crippen molar-refractivity contribution in [3.8, 4) is 0 Å². The van der Waals surface area contributed by atoms with Crippen molar-refractivity contribution >= 4 is 28.5 Å². The highest BCUT2D eigenvalue weighted by molar-refractivity contribution is 5.93. The Morgan fingerprint density at radius 2 is 1.98 bits per heavy atom. The molecule has 2 aromatic rings. The Morgan fingerprint density at radius 1 is 1.23 bits per heavy atom. The van der Waals surface area contributed by atoms with Gasteiger partial charge < -0.3 is 20.6 Å². The van der Waals surface area contributed by atoms with E-state index >= 15 is 4.39 Å². The van der Waals surface area contributed by atoms with Crippen LogP contribution < -0.4 is 21.9 Å². The monoisotopic (exact) mass is 553 g/mol. The highest BCUT2D eigenvalue weighted by Crippen LogP contribution is 2.30. The lowest BCUT2D eigenvalue weighted by Crippen LogP contribution is -2.50. The number of nitrogens with zero attached hydrogens (tertiary/aromatic N) is 3. The largest absolute Gasteiger partial charge is 0.392 e. The second-order valence-corrected chi connectivity index (χ2v) is 10.6. The van der Waals surface area contributed by atoms with Crippen LogP contribution in [0.1, 0.15) is 45.6 Å². The van der Waals surface area contributed by atoms with Gasteiger partial charge in [0, 0.05) is 43.9 Å². The summed E-state index contributed by atoms with van der Waals surface area (Å²) in [7, 11) is 0. The van der Waals surface area contributed by atoms with Gasteiger partial charge >= 0.3 is 11.7 Å². The quantitative estimate of drug-likeness (QED) is 0.325. The summed E-state index contributed by atoms with van der Waals surface area (Å²) in [6, 6.07) is 1.28. The molecule has 1 saturated carbocycles. The maximum absolute atomic E-state index is 15.2. The van der Waals surface area contributed by atoms with E-state index in [2.05, 4.69) is 17.2 Å². The van der Waals surface area contributed by atoms with Gasteiger partial charge in [-0.15, -0.1) is 0 Å². The number of anilines is 1. The predicted molar refractivity (Wildman–Crippen MR) is 152 cm³/mol. The van der Waals surface area contributed by atoms with E-state index in [0.717, 1.165) is 18.9 Å². The van der Waals surface area contributed by atoms with E-state index in [1.807, 2.05) is 0 Å². The van der Waals surface area contributed by atoms with Crippen molar-refractivity contribution < 1.29 is 19.1 Å².